The highest BCUT2D eigenvalue weighted by Gasteiger charge is 2.48. The lowest BCUT2D eigenvalue weighted by Crippen LogP contribution is -2.54. The van der Waals surface area contributed by atoms with Crippen LogP contribution in [0.15, 0.2) is 24.3 Å². The fourth-order valence-corrected chi connectivity index (χ4v) is 4.12. The lowest BCUT2D eigenvalue weighted by atomic mass is 10.0. The second kappa shape index (κ2) is 12.9. The molecule has 0 aromatic heterocycles. The third-order valence-corrected chi connectivity index (χ3v) is 6.21. The van der Waals surface area contributed by atoms with Gasteiger partial charge in [-0.1, -0.05) is 44.7 Å². The summed E-state index contributed by atoms with van der Waals surface area (Å²) in [4.78, 5) is 41.3. The van der Waals surface area contributed by atoms with E-state index in [0.717, 1.165) is 25.7 Å². The van der Waals surface area contributed by atoms with E-state index in [-0.39, 0.29) is 29.5 Å². The van der Waals surface area contributed by atoms with Crippen LogP contribution in [-0.2, 0) is 14.3 Å². The molecule has 1 aliphatic rings. The molecule has 4 atom stereocenters. The first kappa shape index (κ1) is 28.6. The predicted octanol–water partition coefficient (Wildman–Crippen LogP) is 4.08. The van der Waals surface area contributed by atoms with Crippen LogP contribution in [0.25, 0.3) is 0 Å². The molecule has 1 aromatic rings. The monoisotopic (exact) mass is 501 g/mol. The van der Waals surface area contributed by atoms with Gasteiger partial charge in [0.2, 0.25) is 11.8 Å². The summed E-state index contributed by atoms with van der Waals surface area (Å²) in [6.45, 7) is 9.92. The number of unbranched alkanes of at least 4 members (excludes halogenated alkanes) is 2. The van der Waals surface area contributed by atoms with E-state index < -0.39 is 23.8 Å². The molecule has 0 spiro atoms. The van der Waals surface area contributed by atoms with E-state index in [1.165, 1.54) is 0 Å². The summed E-state index contributed by atoms with van der Waals surface area (Å²) in [7, 11) is 0. The van der Waals surface area contributed by atoms with E-state index in [2.05, 4.69) is 36.1 Å². The second-order valence-corrected chi connectivity index (χ2v) is 10.4. The first-order valence-electron chi connectivity index (χ1n) is 12.3. The number of carbonyl (C=O) groups is 3. The zero-order valence-corrected chi connectivity index (χ0v) is 22.4. The van der Waals surface area contributed by atoms with E-state index in [4.69, 9.17) is 11.2 Å². The number of rotatable bonds is 11. The van der Waals surface area contributed by atoms with Gasteiger partial charge in [0.25, 0.3) is 0 Å². The van der Waals surface area contributed by atoms with Crippen LogP contribution in [0.3, 0.4) is 0 Å². The Hall–Kier alpha value is -2.66. The summed E-state index contributed by atoms with van der Waals surface area (Å²) in [6, 6.07) is 5.19. The summed E-state index contributed by atoms with van der Waals surface area (Å²) in [5, 5.41) is 5.64. The number of hydrogen-bond donors (Lipinski definition) is 3. The van der Waals surface area contributed by atoms with Gasteiger partial charge >= 0.3 is 6.09 Å². The maximum Gasteiger partial charge on any atom is 0.408 e. The van der Waals surface area contributed by atoms with Gasteiger partial charge in [0.1, 0.15) is 17.7 Å². The molecule has 7 nitrogen and oxygen atoms in total. The molecule has 3 amide bonds. The predicted molar refractivity (Wildman–Crippen MR) is 141 cm³/mol. The number of ether oxygens (including phenoxy) is 1. The summed E-state index contributed by atoms with van der Waals surface area (Å²) in [6.07, 6.45) is 8.49. The highest BCUT2D eigenvalue weighted by Crippen LogP contribution is 2.40. The van der Waals surface area contributed by atoms with Crippen molar-refractivity contribution in [3.05, 3.63) is 35.4 Å². The molecule has 2 rings (SSSR count). The van der Waals surface area contributed by atoms with Crippen molar-refractivity contribution in [3.8, 4) is 12.3 Å². The molecule has 35 heavy (non-hydrogen) atoms. The number of benzene rings is 1. The van der Waals surface area contributed by atoms with Crippen LogP contribution in [0.5, 0.6) is 0 Å². The van der Waals surface area contributed by atoms with E-state index in [1.807, 2.05) is 6.92 Å². The van der Waals surface area contributed by atoms with Crippen LogP contribution >= 0.6 is 12.6 Å². The number of thiol groups is 1. The summed E-state index contributed by atoms with van der Waals surface area (Å²) >= 11 is 4.32. The minimum absolute atomic E-state index is 0.0660. The number of nitrogens with one attached hydrogen (secondary N) is 2. The van der Waals surface area contributed by atoms with Crippen molar-refractivity contribution in [2.75, 3.05) is 12.3 Å². The largest absolute Gasteiger partial charge is 0.444 e. The van der Waals surface area contributed by atoms with Crippen molar-refractivity contribution in [2.24, 2.45) is 5.92 Å². The Morgan fingerprint density at radius 2 is 1.86 bits per heavy atom. The third kappa shape index (κ3) is 8.50. The number of alkyl carbamates (subject to hydrolysis) is 1. The van der Waals surface area contributed by atoms with Crippen molar-refractivity contribution in [1.82, 2.24) is 15.5 Å². The summed E-state index contributed by atoms with van der Waals surface area (Å²) in [5.41, 5.74) is 0.645. The first-order chi connectivity index (χ1) is 16.5. The lowest BCUT2D eigenvalue weighted by molar-refractivity contribution is -0.143. The molecule has 1 saturated carbocycles. The minimum atomic E-state index is -0.943. The van der Waals surface area contributed by atoms with Gasteiger partial charge in [-0.3, -0.25) is 9.59 Å². The number of terminal acetylenes is 1. The molecule has 0 bridgehead atoms. The maximum atomic E-state index is 13.8. The summed E-state index contributed by atoms with van der Waals surface area (Å²) in [5.74, 6) is 2.26. The number of amides is 3. The molecule has 1 aliphatic carbocycles. The van der Waals surface area contributed by atoms with Crippen LogP contribution in [0.1, 0.15) is 77.5 Å². The van der Waals surface area contributed by atoms with Crippen LogP contribution in [0, 0.1) is 18.3 Å². The first-order valence-corrected chi connectivity index (χ1v) is 12.9. The molecule has 0 heterocycles. The highest BCUT2D eigenvalue weighted by atomic mass is 32.1. The van der Waals surface area contributed by atoms with Gasteiger partial charge in [0, 0.05) is 23.9 Å². The molecule has 0 saturated heterocycles. The standard InChI is InChI=1S/C27H39N3O4S/c1-7-9-10-15-28-24(31)23(20-13-11-19(8-2)12-14-20)30(22-16-18(22)3)25(32)21(17-35)29-26(33)34-27(4,5)6/h2,11-14,18,21-23,35H,7,9-10,15-17H2,1,3-6H3,(H,28,31)(H,29,33). The van der Waals surface area contributed by atoms with Crippen molar-refractivity contribution in [2.45, 2.75) is 84.0 Å². The Morgan fingerprint density at radius 3 is 2.34 bits per heavy atom. The molecule has 4 unspecified atom stereocenters. The van der Waals surface area contributed by atoms with Gasteiger partial charge in [-0.25, -0.2) is 4.79 Å². The molecular weight excluding hydrogens is 462 g/mol. The van der Waals surface area contributed by atoms with E-state index in [1.54, 1.807) is 49.9 Å². The minimum Gasteiger partial charge on any atom is -0.444 e. The smallest absolute Gasteiger partial charge is 0.408 e. The molecule has 192 valence electrons. The Morgan fingerprint density at radius 1 is 1.23 bits per heavy atom. The van der Waals surface area contributed by atoms with E-state index >= 15 is 0 Å². The summed E-state index contributed by atoms with van der Waals surface area (Å²) < 4.78 is 5.34. The Kier molecular flexibility index (Phi) is 10.5. The molecular formula is C27H39N3O4S. The van der Waals surface area contributed by atoms with Gasteiger partial charge in [0.15, 0.2) is 0 Å². The normalized spacial score (nSPS) is 18.5. The van der Waals surface area contributed by atoms with Crippen molar-refractivity contribution >= 4 is 30.5 Å². The van der Waals surface area contributed by atoms with Crippen molar-refractivity contribution < 1.29 is 19.1 Å². The van der Waals surface area contributed by atoms with Crippen LogP contribution in [0.2, 0.25) is 0 Å². The van der Waals surface area contributed by atoms with Crippen molar-refractivity contribution in [1.29, 1.82) is 0 Å². The lowest BCUT2D eigenvalue weighted by Gasteiger charge is -2.34. The third-order valence-electron chi connectivity index (χ3n) is 5.85. The fourth-order valence-electron chi connectivity index (χ4n) is 3.87. The Labute approximate surface area is 215 Å². The number of hydrogen-bond acceptors (Lipinski definition) is 5. The van der Waals surface area contributed by atoms with E-state index in [9.17, 15) is 14.4 Å². The topological polar surface area (TPSA) is 87.7 Å². The van der Waals surface area contributed by atoms with Crippen molar-refractivity contribution in [3.63, 3.8) is 0 Å². The molecule has 8 heteroatoms. The highest BCUT2D eigenvalue weighted by molar-refractivity contribution is 7.80. The van der Waals surface area contributed by atoms with Crippen LogP contribution in [0.4, 0.5) is 4.79 Å². The van der Waals surface area contributed by atoms with Gasteiger partial charge in [0.05, 0.1) is 0 Å². The quantitative estimate of drug-likeness (QED) is 0.242. The fraction of sp³-hybridized carbons (Fsp3) is 0.593. The zero-order valence-electron chi connectivity index (χ0n) is 21.5. The molecule has 1 fully saturated rings. The van der Waals surface area contributed by atoms with Gasteiger partial charge < -0.3 is 20.3 Å². The maximum absolute atomic E-state index is 13.8. The van der Waals surface area contributed by atoms with E-state index in [0.29, 0.717) is 17.7 Å². The zero-order chi connectivity index (χ0) is 26.2. The van der Waals surface area contributed by atoms with Gasteiger partial charge in [-0.2, -0.15) is 12.6 Å². The average molecular weight is 502 g/mol. The second-order valence-electron chi connectivity index (χ2n) is 10.1. The Bertz CT molecular complexity index is 920. The van der Waals surface area contributed by atoms with Crippen LogP contribution in [-0.4, -0.2) is 52.8 Å². The van der Waals surface area contributed by atoms with Crippen LogP contribution < -0.4 is 10.6 Å². The average Bonchev–Trinajstić information content (AvgIpc) is 3.52. The Balaban J connectivity index is 2.38. The molecule has 1 aromatic carbocycles. The SMILES string of the molecule is C#Cc1ccc(C(C(=O)NCCCCC)N(C(=O)C(CS)NC(=O)OC(C)(C)C)C2CC2C)cc1. The van der Waals surface area contributed by atoms with Gasteiger partial charge in [-0.05, 0) is 57.2 Å². The molecule has 0 radical (unpaired) electrons. The van der Waals surface area contributed by atoms with Gasteiger partial charge in [-0.15, -0.1) is 6.42 Å². The number of nitrogens with zero attached hydrogens (tertiary/aromatic N) is 1. The molecule has 0 aliphatic heterocycles. The number of carbonyl (C=O) groups excluding carboxylic acids is 3. The molecule has 2 N–H and O–H groups in total.